The van der Waals surface area contributed by atoms with Crippen molar-refractivity contribution in [1.82, 2.24) is 10.3 Å². The van der Waals surface area contributed by atoms with Gasteiger partial charge in [0, 0.05) is 19.5 Å². The van der Waals surface area contributed by atoms with Crippen LogP contribution >= 0.6 is 0 Å². The molecule has 0 radical (unpaired) electrons. The molecule has 2 amide bonds. The predicted octanol–water partition coefficient (Wildman–Crippen LogP) is 0.509. The van der Waals surface area contributed by atoms with Gasteiger partial charge < -0.3 is 16.4 Å². The third kappa shape index (κ3) is 4.82. The fraction of sp³-hybridized carbons (Fsp3) is 0.417. The summed E-state index contributed by atoms with van der Waals surface area (Å²) in [6, 6.07) is 5.18. The zero-order valence-corrected chi connectivity index (χ0v) is 10.4. The van der Waals surface area contributed by atoms with Gasteiger partial charge in [-0.2, -0.15) is 0 Å². The molecule has 1 heterocycles. The molecule has 0 unspecified atom stereocenters. The van der Waals surface area contributed by atoms with Gasteiger partial charge in [0.25, 0.3) is 5.91 Å². The van der Waals surface area contributed by atoms with E-state index in [2.05, 4.69) is 15.6 Å². The summed E-state index contributed by atoms with van der Waals surface area (Å²) in [7, 11) is 0. The summed E-state index contributed by atoms with van der Waals surface area (Å²) in [6.07, 6.45) is 1.11. The van der Waals surface area contributed by atoms with Crippen LogP contribution in [-0.2, 0) is 4.79 Å². The van der Waals surface area contributed by atoms with Gasteiger partial charge in [-0.25, -0.2) is 4.98 Å². The van der Waals surface area contributed by atoms with Gasteiger partial charge in [-0.15, -0.1) is 0 Å². The van der Waals surface area contributed by atoms with Gasteiger partial charge in [-0.05, 0) is 18.6 Å². The maximum absolute atomic E-state index is 11.7. The third-order valence-electron chi connectivity index (χ3n) is 2.19. The van der Waals surface area contributed by atoms with Crippen LogP contribution in [0, 0.1) is 0 Å². The number of primary amides is 1. The van der Waals surface area contributed by atoms with Crippen LogP contribution in [0.15, 0.2) is 18.2 Å². The molecule has 6 nitrogen and oxygen atoms in total. The molecule has 98 valence electrons. The summed E-state index contributed by atoms with van der Waals surface area (Å²) in [5, 5.41) is 5.68. The van der Waals surface area contributed by atoms with Crippen molar-refractivity contribution < 1.29 is 9.59 Å². The Morgan fingerprint density at radius 3 is 2.78 bits per heavy atom. The Hall–Kier alpha value is -2.11. The largest absolute Gasteiger partial charge is 0.370 e. The minimum Gasteiger partial charge on any atom is -0.370 e. The van der Waals surface area contributed by atoms with E-state index in [4.69, 9.17) is 5.73 Å². The van der Waals surface area contributed by atoms with Crippen LogP contribution in [-0.4, -0.2) is 29.9 Å². The van der Waals surface area contributed by atoms with Crippen molar-refractivity contribution in [1.29, 1.82) is 0 Å². The zero-order chi connectivity index (χ0) is 13.4. The molecule has 0 aromatic carbocycles. The molecule has 1 aromatic rings. The van der Waals surface area contributed by atoms with Crippen LogP contribution in [0.1, 0.15) is 30.3 Å². The highest BCUT2D eigenvalue weighted by molar-refractivity contribution is 5.92. The number of nitrogens with one attached hydrogen (secondary N) is 2. The Labute approximate surface area is 106 Å². The van der Waals surface area contributed by atoms with E-state index in [0.29, 0.717) is 11.5 Å². The first-order valence-electron chi connectivity index (χ1n) is 5.91. The van der Waals surface area contributed by atoms with Crippen molar-refractivity contribution in [2.45, 2.75) is 19.8 Å². The number of nitrogens with zero attached hydrogens (tertiary/aromatic N) is 1. The number of carbonyl (C=O) groups is 2. The average molecular weight is 250 g/mol. The minimum atomic E-state index is -0.443. The van der Waals surface area contributed by atoms with Crippen LogP contribution in [0.3, 0.4) is 0 Å². The number of anilines is 1. The number of hydrogen-bond donors (Lipinski definition) is 3. The molecule has 0 atom stereocenters. The molecule has 0 saturated heterocycles. The summed E-state index contributed by atoms with van der Waals surface area (Å²) in [5.74, 6) is -0.0857. The normalized spacial score (nSPS) is 9.83. The lowest BCUT2D eigenvalue weighted by Gasteiger charge is -2.06. The number of nitrogens with two attached hydrogens (primary N) is 1. The summed E-state index contributed by atoms with van der Waals surface area (Å²) in [6.45, 7) is 3.08. The molecule has 0 spiro atoms. The summed E-state index contributed by atoms with van der Waals surface area (Å²) in [5.41, 5.74) is 5.30. The minimum absolute atomic E-state index is 0.125. The van der Waals surface area contributed by atoms with E-state index in [-0.39, 0.29) is 18.9 Å². The monoisotopic (exact) mass is 250 g/mol. The van der Waals surface area contributed by atoms with Crippen molar-refractivity contribution in [3.63, 3.8) is 0 Å². The molecule has 6 heteroatoms. The standard InChI is InChI=1S/C12H18N4O2/c1-2-7-14-11-5-3-4-9(16-11)12(18)15-8-6-10(13)17/h3-5H,2,6-8H2,1H3,(H2,13,17)(H,14,16)(H,15,18). The van der Waals surface area contributed by atoms with Gasteiger partial charge in [0.2, 0.25) is 5.91 Å². The molecule has 0 bridgehead atoms. The van der Waals surface area contributed by atoms with Crippen LogP contribution < -0.4 is 16.4 Å². The second-order valence-corrected chi connectivity index (χ2v) is 3.81. The van der Waals surface area contributed by atoms with E-state index >= 15 is 0 Å². The zero-order valence-electron chi connectivity index (χ0n) is 10.4. The molecule has 18 heavy (non-hydrogen) atoms. The first-order chi connectivity index (χ1) is 8.63. The van der Waals surface area contributed by atoms with Crippen LogP contribution in [0.5, 0.6) is 0 Å². The molecular formula is C12H18N4O2. The molecule has 4 N–H and O–H groups in total. The van der Waals surface area contributed by atoms with Gasteiger partial charge in [0.05, 0.1) is 0 Å². The van der Waals surface area contributed by atoms with Gasteiger partial charge in [-0.1, -0.05) is 13.0 Å². The third-order valence-corrected chi connectivity index (χ3v) is 2.19. The molecule has 1 rings (SSSR count). The van der Waals surface area contributed by atoms with Gasteiger partial charge in [-0.3, -0.25) is 9.59 Å². The summed E-state index contributed by atoms with van der Waals surface area (Å²) < 4.78 is 0. The number of carbonyl (C=O) groups excluding carboxylic acids is 2. The lowest BCUT2D eigenvalue weighted by molar-refractivity contribution is -0.117. The first-order valence-corrected chi connectivity index (χ1v) is 5.91. The van der Waals surface area contributed by atoms with E-state index in [1.165, 1.54) is 0 Å². The van der Waals surface area contributed by atoms with E-state index < -0.39 is 5.91 Å². The van der Waals surface area contributed by atoms with E-state index in [1.54, 1.807) is 18.2 Å². The van der Waals surface area contributed by atoms with Crippen LogP contribution in [0.25, 0.3) is 0 Å². The fourth-order valence-corrected chi connectivity index (χ4v) is 1.30. The highest BCUT2D eigenvalue weighted by atomic mass is 16.2. The Morgan fingerprint density at radius 1 is 1.33 bits per heavy atom. The quantitative estimate of drug-likeness (QED) is 0.656. The molecule has 1 aromatic heterocycles. The maximum Gasteiger partial charge on any atom is 0.269 e. The lowest BCUT2D eigenvalue weighted by Crippen LogP contribution is -2.28. The van der Waals surface area contributed by atoms with Gasteiger partial charge in [0.1, 0.15) is 11.5 Å². The average Bonchev–Trinajstić information content (AvgIpc) is 2.36. The molecule has 0 aliphatic carbocycles. The van der Waals surface area contributed by atoms with Crippen LogP contribution in [0.2, 0.25) is 0 Å². The highest BCUT2D eigenvalue weighted by Crippen LogP contribution is 2.04. The smallest absolute Gasteiger partial charge is 0.269 e. The molecular weight excluding hydrogens is 232 g/mol. The lowest BCUT2D eigenvalue weighted by atomic mass is 10.3. The Bertz CT molecular complexity index is 420. The molecule has 0 aliphatic heterocycles. The van der Waals surface area contributed by atoms with E-state index in [0.717, 1.165) is 13.0 Å². The predicted molar refractivity (Wildman–Crippen MR) is 69.2 cm³/mol. The Kier molecular flexibility index (Phi) is 5.63. The topological polar surface area (TPSA) is 97.1 Å². The Morgan fingerprint density at radius 2 is 2.11 bits per heavy atom. The second-order valence-electron chi connectivity index (χ2n) is 3.81. The highest BCUT2D eigenvalue weighted by Gasteiger charge is 2.07. The number of amides is 2. The number of rotatable bonds is 7. The fourth-order valence-electron chi connectivity index (χ4n) is 1.30. The summed E-state index contributed by atoms with van der Waals surface area (Å²) >= 11 is 0. The number of pyridine rings is 1. The number of aromatic nitrogens is 1. The van der Waals surface area contributed by atoms with E-state index in [9.17, 15) is 9.59 Å². The Balaban J connectivity index is 2.54. The van der Waals surface area contributed by atoms with Crippen molar-refractivity contribution in [2.24, 2.45) is 5.73 Å². The molecule has 0 fully saturated rings. The SMILES string of the molecule is CCCNc1cccc(C(=O)NCCC(N)=O)n1. The van der Waals surface area contributed by atoms with Crippen molar-refractivity contribution in [3.05, 3.63) is 23.9 Å². The molecule has 0 saturated carbocycles. The summed E-state index contributed by atoms with van der Waals surface area (Å²) in [4.78, 5) is 26.4. The van der Waals surface area contributed by atoms with E-state index in [1.807, 2.05) is 6.92 Å². The van der Waals surface area contributed by atoms with Crippen molar-refractivity contribution in [3.8, 4) is 0 Å². The van der Waals surface area contributed by atoms with Gasteiger partial charge in [0.15, 0.2) is 0 Å². The first kappa shape index (κ1) is 14.0. The van der Waals surface area contributed by atoms with Crippen molar-refractivity contribution in [2.75, 3.05) is 18.4 Å². The van der Waals surface area contributed by atoms with Crippen LogP contribution in [0.4, 0.5) is 5.82 Å². The second kappa shape index (κ2) is 7.26. The van der Waals surface area contributed by atoms with Gasteiger partial charge >= 0.3 is 0 Å². The maximum atomic E-state index is 11.7. The number of hydrogen-bond acceptors (Lipinski definition) is 4. The molecule has 0 aliphatic rings. The van der Waals surface area contributed by atoms with Crippen molar-refractivity contribution >= 4 is 17.6 Å².